The molecule has 0 unspecified atom stereocenters. The second-order valence-electron chi connectivity index (χ2n) is 5.57. The van der Waals surface area contributed by atoms with E-state index in [1.54, 1.807) is 0 Å². The number of aliphatic hydroxyl groups excluding tert-OH is 1. The summed E-state index contributed by atoms with van der Waals surface area (Å²) in [6.07, 6.45) is -0.390. The molecule has 2 N–H and O–H groups in total. The van der Waals surface area contributed by atoms with Crippen molar-refractivity contribution in [3.8, 4) is 0 Å². The van der Waals surface area contributed by atoms with Crippen LogP contribution in [0.5, 0.6) is 0 Å². The second-order valence-corrected chi connectivity index (χ2v) is 5.98. The van der Waals surface area contributed by atoms with Crippen molar-refractivity contribution in [1.82, 2.24) is 0 Å². The summed E-state index contributed by atoms with van der Waals surface area (Å²) in [6.45, 7) is 5.55. The number of benzene rings is 1. The average molecular weight is 272 g/mol. The Bertz CT molecular complexity index is 380. The molecule has 102 valence electrons. The summed E-state index contributed by atoms with van der Waals surface area (Å²) in [5.74, 6) is 0. The predicted octanol–water partition coefficient (Wildman–Crippen LogP) is 2.60. The minimum absolute atomic E-state index is 0.390. The number of hydrogen-bond acceptors (Lipinski definition) is 2. The van der Waals surface area contributed by atoms with E-state index in [0.717, 1.165) is 16.7 Å². The first kappa shape index (κ1) is 15.3. The molecule has 0 amide bonds. The lowest BCUT2D eigenvalue weighted by Gasteiger charge is -2.36. The Balaban J connectivity index is 2.47. The summed E-state index contributed by atoms with van der Waals surface area (Å²) in [6, 6.07) is 8.05. The molecular formula is C14H24ClN2O+. The van der Waals surface area contributed by atoms with Crippen molar-refractivity contribution in [2.75, 3.05) is 32.5 Å². The van der Waals surface area contributed by atoms with Gasteiger partial charge in [0.05, 0.1) is 30.8 Å². The number of nitrogens with zero attached hydrogens (tertiary/aromatic N) is 1. The van der Waals surface area contributed by atoms with Crippen LogP contribution in [0.3, 0.4) is 0 Å². The van der Waals surface area contributed by atoms with Gasteiger partial charge in [0.25, 0.3) is 0 Å². The van der Waals surface area contributed by atoms with E-state index in [-0.39, 0.29) is 0 Å². The number of aliphatic hydroxyl groups is 1. The highest BCUT2D eigenvalue weighted by atomic mass is 35.5. The first-order valence-electron chi connectivity index (χ1n) is 6.32. The fourth-order valence-corrected chi connectivity index (χ4v) is 1.85. The third-order valence-electron chi connectivity index (χ3n) is 3.48. The van der Waals surface area contributed by atoms with Gasteiger partial charge in [0.1, 0.15) is 12.6 Å². The Morgan fingerprint density at radius 1 is 1.28 bits per heavy atom. The number of anilines is 1. The van der Waals surface area contributed by atoms with E-state index >= 15 is 0 Å². The zero-order valence-electron chi connectivity index (χ0n) is 11.7. The summed E-state index contributed by atoms with van der Waals surface area (Å²) in [5.41, 5.74) is 0.869. The molecule has 0 aliphatic carbocycles. The van der Waals surface area contributed by atoms with Crippen LogP contribution in [-0.4, -0.2) is 48.9 Å². The van der Waals surface area contributed by atoms with Crippen LogP contribution in [0.4, 0.5) is 5.69 Å². The van der Waals surface area contributed by atoms with Gasteiger partial charge in [0, 0.05) is 6.54 Å². The zero-order valence-corrected chi connectivity index (χ0v) is 12.4. The van der Waals surface area contributed by atoms with Gasteiger partial charge < -0.3 is 14.9 Å². The Kier molecular flexibility index (Phi) is 5.45. The van der Waals surface area contributed by atoms with E-state index in [1.165, 1.54) is 0 Å². The third-order valence-corrected chi connectivity index (χ3v) is 3.81. The highest BCUT2D eigenvalue weighted by Crippen LogP contribution is 2.20. The Morgan fingerprint density at radius 2 is 1.89 bits per heavy atom. The molecule has 0 fully saturated rings. The van der Waals surface area contributed by atoms with Crippen molar-refractivity contribution >= 4 is 17.3 Å². The lowest BCUT2D eigenvalue weighted by molar-refractivity contribution is -0.913. The van der Waals surface area contributed by atoms with Crippen LogP contribution >= 0.6 is 11.6 Å². The lowest BCUT2D eigenvalue weighted by atomic mass is 10.2. The SMILES string of the molecule is CC(C)[N+](C)(C)C[C@H](O)CNc1ccccc1Cl. The number of rotatable bonds is 6. The molecule has 0 heterocycles. The molecule has 3 nitrogen and oxygen atoms in total. The molecule has 0 saturated carbocycles. The monoisotopic (exact) mass is 271 g/mol. The van der Waals surface area contributed by atoms with Gasteiger partial charge in [0.2, 0.25) is 0 Å². The van der Waals surface area contributed by atoms with Crippen molar-refractivity contribution in [2.24, 2.45) is 0 Å². The molecule has 1 atom stereocenters. The molecule has 0 bridgehead atoms. The van der Waals surface area contributed by atoms with Crippen LogP contribution in [-0.2, 0) is 0 Å². The van der Waals surface area contributed by atoms with Gasteiger partial charge in [-0.15, -0.1) is 0 Å². The van der Waals surface area contributed by atoms with Gasteiger partial charge in [-0.2, -0.15) is 0 Å². The highest BCUT2D eigenvalue weighted by molar-refractivity contribution is 6.33. The number of para-hydroxylation sites is 1. The van der Waals surface area contributed by atoms with Crippen LogP contribution in [0, 0.1) is 0 Å². The summed E-state index contributed by atoms with van der Waals surface area (Å²) in [5, 5.41) is 13.9. The highest BCUT2D eigenvalue weighted by Gasteiger charge is 2.23. The van der Waals surface area contributed by atoms with E-state index in [2.05, 4.69) is 33.3 Å². The number of halogens is 1. The lowest BCUT2D eigenvalue weighted by Crippen LogP contribution is -2.51. The van der Waals surface area contributed by atoms with Gasteiger partial charge in [-0.3, -0.25) is 0 Å². The Hall–Kier alpha value is -0.770. The second kappa shape index (κ2) is 6.41. The van der Waals surface area contributed by atoms with Crippen LogP contribution < -0.4 is 5.32 Å². The molecule has 0 aromatic heterocycles. The molecular weight excluding hydrogens is 248 g/mol. The molecule has 0 aliphatic heterocycles. The molecule has 18 heavy (non-hydrogen) atoms. The number of quaternary nitrogens is 1. The third kappa shape index (κ3) is 4.48. The predicted molar refractivity (Wildman–Crippen MR) is 78.1 cm³/mol. The molecule has 0 aliphatic rings. The van der Waals surface area contributed by atoms with Crippen molar-refractivity contribution in [3.63, 3.8) is 0 Å². The van der Waals surface area contributed by atoms with Gasteiger partial charge in [0.15, 0.2) is 0 Å². The first-order valence-corrected chi connectivity index (χ1v) is 6.70. The quantitative estimate of drug-likeness (QED) is 0.780. The fourth-order valence-electron chi connectivity index (χ4n) is 1.65. The molecule has 0 saturated heterocycles. The minimum atomic E-state index is -0.390. The largest absolute Gasteiger partial charge is 0.385 e. The van der Waals surface area contributed by atoms with Gasteiger partial charge in [-0.05, 0) is 26.0 Å². The zero-order chi connectivity index (χ0) is 13.8. The summed E-state index contributed by atoms with van der Waals surface area (Å²) < 4.78 is 0.797. The maximum atomic E-state index is 10.1. The van der Waals surface area contributed by atoms with Crippen LogP contribution in [0.2, 0.25) is 5.02 Å². The van der Waals surface area contributed by atoms with E-state index in [9.17, 15) is 5.11 Å². The fraction of sp³-hybridized carbons (Fsp3) is 0.571. The maximum absolute atomic E-state index is 10.1. The molecule has 1 aromatic rings. The first-order chi connectivity index (χ1) is 8.33. The number of hydrogen-bond donors (Lipinski definition) is 2. The molecule has 1 rings (SSSR count). The number of likely N-dealkylation sites (N-methyl/N-ethyl adjacent to an activating group) is 1. The minimum Gasteiger partial charge on any atom is -0.385 e. The Labute approximate surface area is 115 Å². The van der Waals surface area contributed by atoms with Gasteiger partial charge in [-0.1, -0.05) is 23.7 Å². The van der Waals surface area contributed by atoms with Gasteiger partial charge in [-0.25, -0.2) is 0 Å². The average Bonchev–Trinajstić information content (AvgIpc) is 2.27. The summed E-state index contributed by atoms with van der Waals surface area (Å²) >= 11 is 6.04. The summed E-state index contributed by atoms with van der Waals surface area (Å²) in [7, 11) is 4.26. The topological polar surface area (TPSA) is 32.3 Å². The van der Waals surface area contributed by atoms with Crippen LogP contribution in [0.25, 0.3) is 0 Å². The van der Waals surface area contributed by atoms with E-state index < -0.39 is 6.10 Å². The van der Waals surface area contributed by atoms with Crippen molar-refractivity contribution in [1.29, 1.82) is 0 Å². The van der Waals surface area contributed by atoms with Crippen molar-refractivity contribution in [2.45, 2.75) is 26.0 Å². The van der Waals surface area contributed by atoms with Crippen molar-refractivity contribution in [3.05, 3.63) is 29.3 Å². The van der Waals surface area contributed by atoms with E-state index in [4.69, 9.17) is 11.6 Å². The molecule has 4 heteroatoms. The maximum Gasteiger partial charge on any atom is 0.120 e. The Morgan fingerprint density at radius 3 is 2.44 bits per heavy atom. The summed E-state index contributed by atoms with van der Waals surface area (Å²) in [4.78, 5) is 0. The smallest absolute Gasteiger partial charge is 0.120 e. The van der Waals surface area contributed by atoms with E-state index in [0.29, 0.717) is 17.6 Å². The van der Waals surface area contributed by atoms with Crippen LogP contribution in [0.15, 0.2) is 24.3 Å². The standard InChI is InChI=1S/C14H24ClN2O/c1-11(2)17(3,4)10-12(18)9-16-14-8-6-5-7-13(14)15/h5-8,11-12,16,18H,9-10H2,1-4H3/q+1/t12-/m1/s1. The van der Waals surface area contributed by atoms with Gasteiger partial charge >= 0.3 is 0 Å². The molecule has 0 radical (unpaired) electrons. The van der Waals surface area contributed by atoms with Crippen LogP contribution in [0.1, 0.15) is 13.8 Å². The normalized spacial score (nSPS) is 13.7. The number of nitrogens with one attached hydrogen (secondary N) is 1. The van der Waals surface area contributed by atoms with E-state index in [1.807, 2.05) is 24.3 Å². The molecule has 1 aromatic carbocycles. The molecule has 0 spiro atoms. The van der Waals surface area contributed by atoms with Crippen molar-refractivity contribution < 1.29 is 9.59 Å².